The molecule has 0 unspecified atom stereocenters. The van der Waals surface area contributed by atoms with E-state index < -0.39 is 80.6 Å². The van der Waals surface area contributed by atoms with Crippen molar-refractivity contribution in [2.45, 2.75) is 30.1 Å². The minimum atomic E-state index is -5.17. The molecule has 0 aliphatic rings. The van der Waals surface area contributed by atoms with Gasteiger partial charge >= 0.3 is 5.97 Å². The van der Waals surface area contributed by atoms with Gasteiger partial charge in [-0.1, -0.05) is 11.3 Å². The zero-order valence-corrected chi connectivity index (χ0v) is 37.8. The molecule has 0 fully saturated rings. The van der Waals surface area contributed by atoms with Crippen LogP contribution in [0.1, 0.15) is 28.0 Å². The Morgan fingerprint density at radius 1 is 0.761 bits per heavy atom. The van der Waals surface area contributed by atoms with Crippen molar-refractivity contribution < 1.29 is 68.5 Å². The van der Waals surface area contributed by atoms with Crippen LogP contribution < -0.4 is 9.47 Å². The summed E-state index contributed by atoms with van der Waals surface area (Å²) in [4.78, 5) is 15.1. The fraction of sp³-hybridized carbons (Fsp3) is 0.154. The van der Waals surface area contributed by atoms with Gasteiger partial charge in [0.15, 0.2) is 11.4 Å². The number of carboxylic acids is 1. The van der Waals surface area contributed by atoms with Gasteiger partial charge < -0.3 is 24.8 Å². The highest BCUT2D eigenvalue weighted by atomic mass is 32.2. The first kappa shape index (κ1) is 47.6. The lowest BCUT2D eigenvalue weighted by atomic mass is 10.0. The second-order valence-electron chi connectivity index (χ2n) is 14.1. The number of benzene rings is 5. The number of carbonyl (C=O) groups is 1. The molecule has 0 bridgehead atoms. The Kier molecular flexibility index (Phi) is 13.2. The van der Waals surface area contributed by atoms with Gasteiger partial charge in [-0.15, -0.1) is 30.7 Å². The van der Waals surface area contributed by atoms with Crippen LogP contribution in [-0.4, -0.2) is 94.4 Å². The zero-order valence-electron chi connectivity index (χ0n) is 34.6. The fourth-order valence-corrected chi connectivity index (χ4v) is 8.71. The van der Waals surface area contributed by atoms with Gasteiger partial charge in [0.05, 0.1) is 51.6 Å². The van der Waals surface area contributed by atoms with Crippen molar-refractivity contribution in [1.82, 2.24) is 14.8 Å². The number of thiazole rings is 1. The van der Waals surface area contributed by atoms with E-state index in [9.17, 15) is 59.0 Å². The number of nitrogens with zero attached hydrogens (tertiary/aromatic N) is 9. The van der Waals surface area contributed by atoms with E-state index in [1.165, 1.54) is 49.6 Å². The number of aromatic hydroxyl groups is 2. The summed E-state index contributed by atoms with van der Waals surface area (Å²) in [5, 5.41) is 61.0. The van der Waals surface area contributed by atoms with Crippen molar-refractivity contribution in [3.63, 3.8) is 0 Å². The lowest BCUT2D eigenvalue weighted by molar-refractivity contribution is 0.0690. The van der Waals surface area contributed by atoms with Crippen LogP contribution >= 0.6 is 11.3 Å². The molecule has 2 aromatic heterocycles. The molecule has 67 heavy (non-hydrogen) atoms. The number of aryl methyl sites for hydroxylation is 2. The monoisotopic (exact) mass is 995 g/mol. The normalized spacial score (nSPS) is 12.6. The molecule has 6 N–H and O–H groups in total. The second kappa shape index (κ2) is 18.5. The third-order valence-electron chi connectivity index (χ3n) is 9.60. The molecule has 348 valence electrons. The zero-order chi connectivity index (χ0) is 48.6. The first-order valence-corrected chi connectivity index (χ1v) is 24.2. The minimum Gasteiger partial charge on any atom is -0.505 e. The van der Waals surface area contributed by atoms with E-state index in [2.05, 4.69) is 40.8 Å². The van der Waals surface area contributed by atoms with Crippen molar-refractivity contribution in [2.24, 2.45) is 30.7 Å². The van der Waals surface area contributed by atoms with Gasteiger partial charge in [-0.2, -0.15) is 35.0 Å². The summed E-state index contributed by atoms with van der Waals surface area (Å²) < 4.78 is 113. The summed E-state index contributed by atoms with van der Waals surface area (Å²) in [7, 11) is -12.5. The lowest BCUT2D eigenvalue weighted by Gasteiger charge is -2.13. The van der Waals surface area contributed by atoms with Crippen LogP contribution in [0.4, 0.5) is 33.6 Å². The number of methoxy groups -OCH3 is 1. The van der Waals surface area contributed by atoms with Crippen molar-refractivity contribution in [3.8, 4) is 28.8 Å². The second-order valence-corrected chi connectivity index (χ2v) is 19.5. The molecule has 0 spiro atoms. The summed E-state index contributed by atoms with van der Waals surface area (Å²) in [6.45, 7) is 2.81. The van der Waals surface area contributed by atoms with Crippen molar-refractivity contribution in [2.75, 3.05) is 19.5 Å². The minimum absolute atomic E-state index is 0.00138. The van der Waals surface area contributed by atoms with Crippen LogP contribution in [0.2, 0.25) is 0 Å². The molecule has 0 saturated heterocycles. The largest absolute Gasteiger partial charge is 0.505 e. The van der Waals surface area contributed by atoms with Crippen LogP contribution in [0.15, 0.2) is 113 Å². The highest BCUT2D eigenvalue weighted by Gasteiger charge is 2.26. The Balaban J connectivity index is 1.24. The van der Waals surface area contributed by atoms with E-state index in [4.69, 9.17) is 9.47 Å². The predicted molar refractivity (Wildman–Crippen MR) is 239 cm³/mol. The van der Waals surface area contributed by atoms with Gasteiger partial charge in [-0.25, -0.2) is 9.78 Å². The number of phenols is 1. The van der Waals surface area contributed by atoms with Crippen LogP contribution in [-0.2, 0) is 30.4 Å². The number of ether oxygens (including phenoxy) is 2. The molecular weight excluding hydrogens is 963 g/mol. The number of aromatic carboxylic acids is 1. The van der Waals surface area contributed by atoms with Gasteiger partial charge in [0.25, 0.3) is 30.4 Å². The molecule has 0 radical (unpaired) electrons. The van der Waals surface area contributed by atoms with Crippen LogP contribution in [0, 0.1) is 13.8 Å². The smallest absolute Gasteiger partial charge is 0.358 e. The SMILES string of the molecule is COc1ccc2nc(N=Nc3cc(OCCCS(=O)(=O)O)c(N=Nc4c(S(=O)(=O)O)cc5c(C)c(N=Nc6c(C(=O)O)nn(-c7ccc(S(=O)(=O)O)cc7)c6O)ccc5c4O)cc3C)sc2c1. The Morgan fingerprint density at radius 2 is 1.45 bits per heavy atom. The van der Waals surface area contributed by atoms with Gasteiger partial charge in [0.1, 0.15) is 27.8 Å². The maximum Gasteiger partial charge on any atom is 0.358 e. The summed E-state index contributed by atoms with van der Waals surface area (Å²) in [5.74, 6) is -3.28. The Hall–Kier alpha value is -7.34. The average molecular weight is 996 g/mol. The van der Waals surface area contributed by atoms with E-state index >= 15 is 0 Å². The highest BCUT2D eigenvalue weighted by molar-refractivity contribution is 7.86. The van der Waals surface area contributed by atoms with Crippen LogP contribution in [0.3, 0.4) is 0 Å². The number of fused-ring (bicyclic) bond motifs is 2. The van der Waals surface area contributed by atoms with Crippen LogP contribution in [0.5, 0.6) is 23.1 Å². The van der Waals surface area contributed by atoms with E-state index in [0.29, 0.717) is 22.0 Å². The van der Waals surface area contributed by atoms with Crippen molar-refractivity contribution >= 4 is 102 Å². The quantitative estimate of drug-likeness (QED) is 0.0299. The molecule has 0 saturated carbocycles. The van der Waals surface area contributed by atoms with Gasteiger partial charge in [0, 0.05) is 11.5 Å². The van der Waals surface area contributed by atoms with Crippen molar-refractivity contribution in [1.29, 1.82) is 0 Å². The Bertz CT molecular complexity index is 3580. The van der Waals surface area contributed by atoms with Gasteiger partial charge in [0.2, 0.25) is 16.7 Å². The first-order chi connectivity index (χ1) is 31.5. The lowest BCUT2D eigenvalue weighted by Crippen LogP contribution is -2.08. The number of carboxylic acid groups (broad SMARTS) is 1. The van der Waals surface area contributed by atoms with Crippen LogP contribution in [0.25, 0.3) is 26.7 Å². The molecule has 0 aliphatic carbocycles. The maximum atomic E-state index is 12.8. The Morgan fingerprint density at radius 3 is 2.10 bits per heavy atom. The molecule has 24 nitrogen and oxygen atoms in total. The highest BCUT2D eigenvalue weighted by Crippen LogP contribution is 2.46. The molecule has 5 aromatic carbocycles. The standard InChI is InChI=1S/C39H33N9O15S4/c1-19-15-29(30(63-13-4-14-65(53,54)55)18-28(19)42-46-39-40-27-11-7-22(62-3)16-31(27)64-39)43-44-33-32(67(59,60)61)17-25-20(2)26(12-10-24(25)36(33)49)41-45-34-35(38(51)52)47-48(37(34)50)21-5-8-23(9-6-21)66(56,57)58/h5-12,15-18,49-50H,4,13-14H2,1-3H3,(H,51,52)(H,53,54,55)(H,56,57,58)(H,59,60,61). The molecule has 0 amide bonds. The molecular formula is C39H33N9O15S4. The first-order valence-electron chi connectivity index (χ1n) is 18.8. The third-order valence-corrected chi connectivity index (χ3v) is 13.0. The number of aromatic nitrogens is 3. The maximum absolute atomic E-state index is 12.8. The summed E-state index contributed by atoms with van der Waals surface area (Å²) in [6.07, 6.45) is -0.156. The van der Waals surface area contributed by atoms with E-state index in [1.54, 1.807) is 25.1 Å². The van der Waals surface area contributed by atoms with Gasteiger partial charge in [-0.3, -0.25) is 13.7 Å². The summed E-state index contributed by atoms with van der Waals surface area (Å²) >= 11 is 1.24. The number of rotatable bonds is 16. The summed E-state index contributed by atoms with van der Waals surface area (Å²) in [5.41, 5.74) is -0.723. The topological polar surface area (TPSA) is 364 Å². The molecule has 0 atom stereocenters. The molecule has 28 heteroatoms. The third kappa shape index (κ3) is 10.5. The number of hydrogen-bond donors (Lipinski definition) is 6. The number of hydrogen-bond acceptors (Lipinski definition) is 20. The average Bonchev–Trinajstić information content (AvgIpc) is 3.83. The predicted octanol–water partition coefficient (Wildman–Crippen LogP) is 8.77. The van der Waals surface area contributed by atoms with E-state index in [-0.39, 0.29) is 57.9 Å². The molecule has 2 heterocycles. The van der Waals surface area contributed by atoms with E-state index in [0.717, 1.165) is 39.7 Å². The molecule has 7 rings (SSSR count). The van der Waals surface area contributed by atoms with Gasteiger partial charge in [-0.05, 0) is 104 Å². The molecule has 0 aliphatic heterocycles. The fourth-order valence-electron chi connectivity index (χ4n) is 6.29. The number of phenolic OH excluding ortho intramolecular Hbond substituents is 1. The van der Waals surface area contributed by atoms with Crippen molar-refractivity contribution in [3.05, 3.63) is 89.6 Å². The van der Waals surface area contributed by atoms with E-state index in [1.807, 2.05) is 0 Å². The summed E-state index contributed by atoms with van der Waals surface area (Å²) in [6, 6.07) is 15.9. The number of azo groups is 3. The molecule has 7 aromatic rings. The Labute approximate surface area is 382 Å².